The van der Waals surface area contributed by atoms with Gasteiger partial charge in [0.25, 0.3) is 0 Å². The lowest BCUT2D eigenvalue weighted by atomic mass is 9.94. The van der Waals surface area contributed by atoms with Gasteiger partial charge in [-0.3, -0.25) is 4.90 Å². The number of hydrogen-bond donors (Lipinski definition) is 1. The zero-order valence-corrected chi connectivity index (χ0v) is 13.0. The quantitative estimate of drug-likeness (QED) is 0.904. The normalized spacial score (nSPS) is 21.7. The molecule has 0 radical (unpaired) electrons. The number of anilines is 2. The van der Waals surface area contributed by atoms with Gasteiger partial charge in [-0.2, -0.15) is 15.0 Å². The third-order valence-electron chi connectivity index (χ3n) is 4.11. The molecular formula is C14H26N6. The van der Waals surface area contributed by atoms with E-state index in [0.29, 0.717) is 11.9 Å². The summed E-state index contributed by atoms with van der Waals surface area (Å²) in [5, 5.41) is 0. The topological polar surface area (TPSA) is 71.2 Å². The van der Waals surface area contributed by atoms with Crippen LogP contribution in [0, 0.1) is 5.92 Å². The molecule has 6 nitrogen and oxygen atoms in total. The van der Waals surface area contributed by atoms with E-state index in [1.54, 1.807) is 0 Å². The molecule has 0 bridgehead atoms. The molecular weight excluding hydrogens is 252 g/mol. The Labute approximate surface area is 121 Å². The largest absolute Gasteiger partial charge is 0.368 e. The number of hydrogen-bond acceptors (Lipinski definition) is 6. The van der Waals surface area contributed by atoms with Crippen molar-refractivity contribution in [3.8, 4) is 0 Å². The maximum Gasteiger partial charge on any atom is 0.229 e. The molecule has 1 aromatic rings. The van der Waals surface area contributed by atoms with Crippen molar-refractivity contribution in [2.45, 2.75) is 39.2 Å². The van der Waals surface area contributed by atoms with Crippen molar-refractivity contribution in [2.75, 3.05) is 37.8 Å². The van der Waals surface area contributed by atoms with Crippen LogP contribution in [0.4, 0.5) is 11.9 Å². The maximum atomic E-state index is 5.81. The van der Waals surface area contributed by atoms with Crippen LogP contribution in [0.1, 0.15) is 45.0 Å². The van der Waals surface area contributed by atoms with Crippen molar-refractivity contribution in [1.29, 1.82) is 0 Å². The first kappa shape index (κ1) is 15.0. The first-order chi connectivity index (χ1) is 9.51. The molecule has 2 heterocycles. The Balaban J connectivity index is 2.17. The Morgan fingerprint density at radius 3 is 2.75 bits per heavy atom. The van der Waals surface area contributed by atoms with Gasteiger partial charge in [0.05, 0.1) is 6.04 Å². The third-order valence-corrected chi connectivity index (χ3v) is 4.11. The van der Waals surface area contributed by atoms with Gasteiger partial charge in [-0.15, -0.1) is 0 Å². The lowest BCUT2D eigenvalue weighted by Crippen LogP contribution is -2.38. The standard InChI is InChI=1S/C14H26N6/c1-5-11-7-6-8-20(9-11)10(2)12-16-13(15)18-14(17-12)19(3)4/h10-11H,5-9H2,1-4H3,(H2,15,16,17,18)/t10-,11+/m1/s1. The van der Waals surface area contributed by atoms with Crippen LogP contribution in [0.3, 0.4) is 0 Å². The second-order valence-corrected chi connectivity index (χ2v) is 5.83. The van der Waals surface area contributed by atoms with Gasteiger partial charge in [-0.25, -0.2) is 0 Å². The Morgan fingerprint density at radius 2 is 2.10 bits per heavy atom. The number of nitrogens with zero attached hydrogens (tertiary/aromatic N) is 5. The van der Waals surface area contributed by atoms with Crippen LogP contribution in [0.15, 0.2) is 0 Å². The Kier molecular flexibility index (Phi) is 4.75. The van der Waals surface area contributed by atoms with Gasteiger partial charge in [-0.1, -0.05) is 13.3 Å². The van der Waals surface area contributed by atoms with E-state index in [1.165, 1.54) is 19.3 Å². The molecule has 2 rings (SSSR count). The fraction of sp³-hybridized carbons (Fsp3) is 0.786. The van der Waals surface area contributed by atoms with E-state index in [9.17, 15) is 0 Å². The summed E-state index contributed by atoms with van der Waals surface area (Å²) in [6.45, 7) is 6.66. The van der Waals surface area contributed by atoms with E-state index < -0.39 is 0 Å². The van der Waals surface area contributed by atoms with Crippen molar-refractivity contribution in [3.05, 3.63) is 5.82 Å². The van der Waals surface area contributed by atoms with Gasteiger partial charge in [0.1, 0.15) is 0 Å². The second kappa shape index (κ2) is 6.35. The molecule has 0 spiro atoms. The van der Waals surface area contributed by atoms with Crippen LogP contribution < -0.4 is 10.6 Å². The molecule has 2 N–H and O–H groups in total. The maximum absolute atomic E-state index is 5.81. The van der Waals surface area contributed by atoms with E-state index >= 15 is 0 Å². The molecule has 0 aliphatic carbocycles. The molecule has 1 aromatic heterocycles. The highest BCUT2D eigenvalue weighted by Crippen LogP contribution is 2.27. The highest BCUT2D eigenvalue weighted by molar-refractivity contribution is 5.33. The van der Waals surface area contributed by atoms with Crippen molar-refractivity contribution < 1.29 is 0 Å². The third kappa shape index (κ3) is 3.36. The molecule has 1 saturated heterocycles. The fourth-order valence-electron chi connectivity index (χ4n) is 2.73. The number of aromatic nitrogens is 3. The van der Waals surface area contributed by atoms with Crippen LogP contribution >= 0.6 is 0 Å². The number of piperidine rings is 1. The van der Waals surface area contributed by atoms with Crippen molar-refractivity contribution in [1.82, 2.24) is 19.9 Å². The average Bonchev–Trinajstić information content (AvgIpc) is 2.45. The zero-order valence-electron chi connectivity index (χ0n) is 13.0. The van der Waals surface area contributed by atoms with E-state index in [-0.39, 0.29) is 6.04 Å². The summed E-state index contributed by atoms with van der Waals surface area (Å²) >= 11 is 0. The molecule has 20 heavy (non-hydrogen) atoms. The SMILES string of the molecule is CC[C@H]1CCCN([C@H](C)c2nc(N)nc(N(C)C)n2)C1. The summed E-state index contributed by atoms with van der Waals surface area (Å²) in [5.74, 6) is 2.50. The molecule has 0 aromatic carbocycles. The monoisotopic (exact) mass is 278 g/mol. The summed E-state index contributed by atoms with van der Waals surface area (Å²) in [5.41, 5.74) is 5.81. The molecule has 112 valence electrons. The minimum Gasteiger partial charge on any atom is -0.368 e. The summed E-state index contributed by atoms with van der Waals surface area (Å²) in [6.07, 6.45) is 3.83. The summed E-state index contributed by atoms with van der Waals surface area (Å²) in [7, 11) is 3.83. The highest BCUT2D eigenvalue weighted by Gasteiger charge is 2.25. The van der Waals surface area contributed by atoms with Crippen LogP contribution in [0.25, 0.3) is 0 Å². The fourth-order valence-corrected chi connectivity index (χ4v) is 2.73. The lowest BCUT2D eigenvalue weighted by molar-refractivity contribution is 0.125. The van der Waals surface area contributed by atoms with E-state index in [0.717, 1.165) is 24.8 Å². The number of nitrogen functional groups attached to an aromatic ring is 1. The minimum absolute atomic E-state index is 0.188. The number of rotatable bonds is 4. The van der Waals surface area contributed by atoms with Crippen LogP contribution in [-0.4, -0.2) is 47.0 Å². The molecule has 1 aliphatic heterocycles. The Hall–Kier alpha value is -1.43. The Morgan fingerprint density at radius 1 is 1.35 bits per heavy atom. The van der Waals surface area contributed by atoms with Crippen molar-refractivity contribution in [2.24, 2.45) is 5.92 Å². The smallest absolute Gasteiger partial charge is 0.229 e. The van der Waals surface area contributed by atoms with Gasteiger partial charge in [0.2, 0.25) is 11.9 Å². The lowest BCUT2D eigenvalue weighted by Gasteiger charge is -2.35. The summed E-state index contributed by atoms with van der Waals surface area (Å²) in [6, 6.07) is 0.188. The minimum atomic E-state index is 0.188. The average molecular weight is 278 g/mol. The van der Waals surface area contributed by atoms with Gasteiger partial charge in [-0.05, 0) is 32.2 Å². The van der Waals surface area contributed by atoms with Crippen LogP contribution in [0.2, 0.25) is 0 Å². The predicted molar refractivity (Wildman–Crippen MR) is 81.6 cm³/mol. The predicted octanol–water partition coefficient (Wildman–Crippen LogP) is 1.70. The van der Waals surface area contributed by atoms with E-state index in [1.807, 2.05) is 19.0 Å². The molecule has 0 saturated carbocycles. The van der Waals surface area contributed by atoms with Crippen LogP contribution in [-0.2, 0) is 0 Å². The van der Waals surface area contributed by atoms with Gasteiger partial charge < -0.3 is 10.6 Å². The molecule has 0 amide bonds. The summed E-state index contributed by atoms with van der Waals surface area (Å²) in [4.78, 5) is 17.4. The molecule has 6 heteroatoms. The van der Waals surface area contributed by atoms with Crippen molar-refractivity contribution in [3.63, 3.8) is 0 Å². The van der Waals surface area contributed by atoms with E-state index in [2.05, 4.69) is 33.7 Å². The number of nitrogens with two attached hydrogens (primary N) is 1. The molecule has 2 atom stereocenters. The summed E-state index contributed by atoms with van der Waals surface area (Å²) < 4.78 is 0. The molecule has 1 aliphatic rings. The Bertz CT molecular complexity index is 447. The van der Waals surface area contributed by atoms with E-state index in [4.69, 9.17) is 5.73 Å². The van der Waals surface area contributed by atoms with Gasteiger partial charge in [0, 0.05) is 20.6 Å². The van der Waals surface area contributed by atoms with Gasteiger partial charge >= 0.3 is 0 Å². The zero-order chi connectivity index (χ0) is 14.7. The van der Waals surface area contributed by atoms with Crippen molar-refractivity contribution >= 4 is 11.9 Å². The highest BCUT2D eigenvalue weighted by atomic mass is 15.3. The second-order valence-electron chi connectivity index (χ2n) is 5.83. The van der Waals surface area contributed by atoms with Gasteiger partial charge in [0.15, 0.2) is 5.82 Å². The molecule has 1 fully saturated rings. The van der Waals surface area contributed by atoms with Crippen LogP contribution in [0.5, 0.6) is 0 Å². The number of likely N-dealkylation sites (tertiary alicyclic amines) is 1. The molecule has 0 unspecified atom stereocenters. The first-order valence-corrected chi connectivity index (χ1v) is 7.44. The first-order valence-electron chi connectivity index (χ1n) is 7.44.